The average Bonchev–Trinajstić information content (AvgIpc) is 2.39. The molecule has 2 N–H and O–H groups in total. The van der Waals surface area contributed by atoms with E-state index < -0.39 is 0 Å². The zero-order chi connectivity index (χ0) is 13.7. The van der Waals surface area contributed by atoms with Gasteiger partial charge in [0.2, 0.25) is 0 Å². The van der Waals surface area contributed by atoms with Crippen LogP contribution in [0.15, 0.2) is 22.7 Å². The van der Waals surface area contributed by atoms with Crippen molar-refractivity contribution in [3.63, 3.8) is 0 Å². The number of hydrogen-bond acceptors (Lipinski definition) is 3. The molecule has 1 fully saturated rings. The Kier molecular flexibility index (Phi) is 7.84. The first-order valence-electron chi connectivity index (χ1n) is 6.33. The fourth-order valence-corrected chi connectivity index (χ4v) is 2.89. The van der Waals surface area contributed by atoms with Gasteiger partial charge in [-0.3, -0.25) is 9.69 Å². The quantitative estimate of drug-likeness (QED) is 0.838. The fourth-order valence-electron chi connectivity index (χ4n) is 2.03. The summed E-state index contributed by atoms with van der Waals surface area (Å²) in [5, 5.41) is 6.85. The van der Waals surface area contributed by atoms with Crippen LogP contribution in [-0.4, -0.2) is 50.1 Å². The topological polar surface area (TPSA) is 44.4 Å². The minimum Gasteiger partial charge on any atom is -0.351 e. The molecule has 1 aliphatic heterocycles. The van der Waals surface area contributed by atoms with Gasteiger partial charge in [-0.15, -0.1) is 12.4 Å². The maximum atomic E-state index is 12.0. The van der Waals surface area contributed by atoms with Crippen LogP contribution >= 0.6 is 39.9 Å². The number of nitrogens with zero attached hydrogens (tertiary/aromatic N) is 1. The van der Waals surface area contributed by atoms with Gasteiger partial charge in [0.25, 0.3) is 5.91 Å². The molecular formula is C13H18BrCl2N3O. The summed E-state index contributed by atoms with van der Waals surface area (Å²) in [6.45, 7) is 5.68. The molecule has 20 heavy (non-hydrogen) atoms. The molecule has 1 amide bonds. The van der Waals surface area contributed by atoms with Crippen molar-refractivity contribution in [3.05, 3.63) is 33.3 Å². The summed E-state index contributed by atoms with van der Waals surface area (Å²) in [6, 6.07) is 5.18. The predicted octanol–water partition coefficient (Wildman–Crippen LogP) is 2.16. The van der Waals surface area contributed by atoms with Gasteiger partial charge in [0, 0.05) is 48.8 Å². The summed E-state index contributed by atoms with van der Waals surface area (Å²) >= 11 is 9.21. The van der Waals surface area contributed by atoms with Gasteiger partial charge in [0.1, 0.15) is 0 Å². The summed E-state index contributed by atoms with van der Waals surface area (Å²) in [6.07, 6.45) is 0. The summed E-state index contributed by atoms with van der Waals surface area (Å²) in [5.74, 6) is -0.0707. The van der Waals surface area contributed by atoms with Crippen molar-refractivity contribution in [1.82, 2.24) is 15.5 Å². The van der Waals surface area contributed by atoms with Crippen LogP contribution in [-0.2, 0) is 0 Å². The molecule has 0 radical (unpaired) electrons. The van der Waals surface area contributed by atoms with Crippen molar-refractivity contribution >= 4 is 45.8 Å². The molecule has 0 bridgehead atoms. The summed E-state index contributed by atoms with van der Waals surface area (Å²) in [5.41, 5.74) is 0.615. The first kappa shape index (κ1) is 17.7. The van der Waals surface area contributed by atoms with Crippen LogP contribution in [0.1, 0.15) is 10.4 Å². The molecule has 0 unspecified atom stereocenters. The van der Waals surface area contributed by atoms with Crippen LogP contribution in [0.4, 0.5) is 0 Å². The largest absolute Gasteiger partial charge is 0.351 e. The number of hydrogen-bond donors (Lipinski definition) is 2. The molecule has 0 spiro atoms. The van der Waals surface area contributed by atoms with Gasteiger partial charge in [0.05, 0.1) is 5.56 Å². The highest BCUT2D eigenvalue weighted by molar-refractivity contribution is 9.10. The van der Waals surface area contributed by atoms with Gasteiger partial charge in [0.15, 0.2) is 0 Å². The standard InChI is InChI=1S/C13H17BrClN3O.ClH/c14-12-9-10(15)1-2-11(12)13(19)17-5-8-18-6-3-16-4-7-18;/h1-2,9,16H,3-8H2,(H,17,19);1H. The Bertz CT molecular complexity index is 453. The van der Waals surface area contributed by atoms with E-state index in [9.17, 15) is 4.79 Å². The molecule has 2 rings (SSSR count). The minimum absolute atomic E-state index is 0. The fraction of sp³-hybridized carbons (Fsp3) is 0.462. The van der Waals surface area contributed by atoms with E-state index in [1.807, 2.05) is 0 Å². The van der Waals surface area contributed by atoms with Crippen LogP contribution in [0, 0.1) is 0 Å². The SMILES string of the molecule is Cl.O=C(NCCN1CCNCC1)c1ccc(Cl)cc1Br. The highest BCUT2D eigenvalue weighted by Gasteiger charge is 2.12. The van der Waals surface area contributed by atoms with Crippen LogP contribution in [0.2, 0.25) is 5.02 Å². The van der Waals surface area contributed by atoms with Gasteiger partial charge in [-0.1, -0.05) is 11.6 Å². The second-order valence-corrected chi connectivity index (χ2v) is 5.76. The van der Waals surface area contributed by atoms with Gasteiger partial charge >= 0.3 is 0 Å². The molecule has 1 saturated heterocycles. The lowest BCUT2D eigenvalue weighted by Crippen LogP contribution is -2.46. The zero-order valence-corrected chi connectivity index (χ0v) is 14.2. The van der Waals surface area contributed by atoms with Gasteiger partial charge in [-0.2, -0.15) is 0 Å². The molecule has 112 valence electrons. The third-order valence-electron chi connectivity index (χ3n) is 3.10. The van der Waals surface area contributed by atoms with E-state index in [0.717, 1.165) is 37.2 Å². The number of amides is 1. The van der Waals surface area contributed by atoms with Crippen LogP contribution in [0.3, 0.4) is 0 Å². The first-order valence-corrected chi connectivity index (χ1v) is 7.50. The van der Waals surface area contributed by atoms with Gasteiger partial charge in [-0.25, -0.2) is 0 Å². The van der Waals surface area contributed by atoms with Crippen molar-refractivity contribution in [2.75, 3.05) is 39.3 Å². The number of rotatable bonds is 4. The Labute approximate surface area is 138 Å². The third kappa shape index (κ3) is 5.22. The van der Waals surface area contributed by atoms with E-state index in [1.54, 1.807) is 18.2 Å². The van der Waals surface area contributed by atoms with E-state index in [1.165, 1.54) is 0 Å². The molecule has 0 saturated carbocycles. The number of benzene rings is 1. The normalized spacial score (nSPS) is 15.5. The molecule has 7 heteroatoms. The van der Waals surface area contributed by atoms with E-state index in [4.69, 9.17) is 11.6 Å². The van der Waals surface area contributed by atoms with Crippen molar-refractivity contribution < 1.29 is 4.79 Å². The Morgan fingerprint density at radius 1 is 1.40 bits per heavy atom. The summed E-state index contributed by atoms with van der Waals surface area (Å²) in [4.78, 5) is 14.3. The minimum atomic E-state index is -0.0707. The number of halogens is 3. The van der Waals surface area contributed by atoms with Crippen molar-refractivity contribution in [1.29, 1.82) is 0 Å². The molecular weight excluding hydrogens is 365 g/mol. The second kappa shape index (κ2) is 8.85. The van der Waals surface area contributed by atoms with E-state index in [2.05, 4.69) is 31.5 Å². The highest BCUT2D eigenvalue weighted by atomic mass is 79.9. The Morgan fingerprint density at radius 3 is 2.75 bits per heavy atom. The lowest BCUT2D eigenvalue weighted by atomic mass is 10.2. The molecule has 1 aliphatic rings. The highest BCUT2D eigenvalue weighted by Crippen LogP contribution is 2.21. The predicted molar refractivity (Wildman–Crippen MR) is 88.0 cm³/mol. The van der Waals surface area contributed by atoms with E-state index in [0.29, 0.717) is 17.1 Å². The summed E-state index contributed by atoms with van der Waals surface area (Å²) in [7, 11) is 0. The molecule has 1 heterocycles. The van der Waals surface area contributed by atoms with Gasteiger partial charge < -0.3 is 10.6 Å². The smallest absolute Gasteiger partial charge is 0.252 e. The molecule has 4 nitrogen and oxygen atoms in total. The van der Waals surface area contributed by atoms with Crippen LogP contribution < -0.4 is 10.6 Å². The van der Waals surface area contributed by atoms with E-state index >= 15 is 0 Å². The van der Waals surface area contributed by atoms with Crippen molar-refractivity contribution in [2.45, 2.75) is 0 Å². The van der Waals surface area contributed by atoms with Crippen molar-refractivity contribution in [3.8, 4) is 0 Å². The maximum absolute atomic E-state index is 12.0. The number of carbonyl (C=O) groups is 1. The molecule has 0 atom stereocenters. The lowest BCUT2D eigenvalue weighted by molar-refractivity contribution is 0.0946. The van der Waals surface area contributed by atoms with Gasteiger partial charge in [-0.05, 0) is 34.1 Å². The number of nitrogens with one attached hydrogen (secondary N) is 2. The monoisotopic (exact) mass is 381 g/mol. The van der Waals surface area contributed by atoms with Crippen LogP contribution in [0.5, 0.6) is 0 Å². The summed E-state index contributed by atoms with van der Waals surface area (Å²) < 4.78 is 0.722. The van der Waals surface area contributed by atoms with Crippen LogP contribution in [0.25, 0.3) is 0 Å². The lowest BCUT2D eigenvalue weighted by Gasteiger charge is -2.27. The van der Waals surface area contributed by atoms with Crippen molar-refractivity contribution in [2.24, 2.45) is 0 Å². The Balaban J connectivity index is 0.00000200. The molecule has 1 aromatic carbocycles. The first-order chi connectivity index (χ1) is 9.16. The average molecular weight is 383 g/mol. The second-order valence-electron chi connectivity index (χ2n) is 4.47. The van der Waals surface area contributed by atoms with E-state index in [-0.39, 0.29) is 18.3 Å². The third-order valence-corrected chi connectivity index (χ3v) is 3.99. The number of piperazine rings is 1. The molecule has 1 aromatic rings. The Morgan fingerprint density at radius 2 is 2.10 bits per heavy atom. The zero-order valence-electron chi connectivity index (χ0n) is 11.0. The Hall–Kier alpha value is -0.330. The maximum Gasteiger partial charge on any atom is 0.252 e. The molecule has 0 aliphatic carbocycles. The number of carbonyl (C=O) groups excluding carboxylic acids is 1. The molecule has 0 aromatic heterocycles.